The van der Waals surface area contributed by atoms with Gasteiger partial charge in [0.25, 0.3) is 0 Å². The van der Waals surface area contributed by atoms with Crippen molar-refractivity contribution in [3.8, 4) is 17.1 Å². The lowest BCUT2D eigenvalue weighted by molar-refractivity contribution is -0.138. The molecule has 31 heavy (non-hydrogen) atoms. The summed E-state index contributed by atoms with van der Waals surface area (Å²) in [5, 5.41) is 5.53. The molecular weight excluding hydrogens is 427 g/mol. The number of pyridine rings is 1. The molecule has 1 N–H and O–H groups in total. The number of alkyl halides is 3. The first-order chi connectivity index (χ1) is 14.9. The molecule has 2 aromatic heterocycles. The summed E-state index contributed by atoms with van der Waals surface area (Å²) in [7, 11) is 0. The van der Waals surface area contributed by atoms with Crippen molar-refractivity contribution in [1.82, 2.24) is 9.97 Å². The van der Waals surface area contributed by atoms with Crippen LogP contribution in [0.5, 0.6) is 5.75 Å². The SMILES string of the molecule is O=C(Oc1cccc(Nc2nc(-c3ccccn3)cs2)c1)c1ccccc1C(F)(F)F. The summed E-state index contributed by atoms with van der Waals surface area (Å²) in [5.41, 5.74) is 0.418. The summed E-state index contributed by atoms with van der Waals surface area (Å²) in [6.07, 6.45) is -2.98. The van der Waals surface area contributed by atoms with Gasteiger partial charge in [-0.3, -0.25) is 4.98 Å². The number of hydrogen-bond donors (Lipinski definition) is 1. The Balaban J connectivity index is 1.50. The van der Waals surface area contributed by atoms with Gasteiger partial charge in [-0.2, -0.15) is 13.2 Å². The number of ether oxygens (including phenoxy) is 1. The van der Waals surface area contributed by atoms with E-state index in [1.807, 2.05) is 23.6 Å². The van der Waals surface area contributed by atoms with E-state index in [-0.39, 0.29) is 5.75 Å². The fourth-order valence-electron chi connectivity index (χ4n) is 2.79. The summed E-state index contributed by atoms with van der Waals surface area (Å²) in [4.78, 5) is 21.1. The van der Waals surface area contributed by atoms with E-state index in [9.17, 15) is 18.0 Å². The summed E-state index contributed by atoms with van der Waals surface area (Å²) < 4.78 is 44.6. The minimum Gasteiger partial charge on any atom is -0.423 e. The molecule has 2 heterocycles. The van der Waals surface area contributed by atoms with Crippen LogP contribution >= 0.6 is 11.3 Å². The van der Waals surface area contributed by atoms with Crippen LogP contribution in [0, 0.1) is 0 Å². The van der Waals surface area contributed by atoms with Gasteiger partial charge in [-0.15, -0.1) is 11.3 Å². The highest BCUT2D eigenvalue weighted by molar-refractivity contribution is 7.14. The lowest BCUT2D eigenvalue weighted by Crippen LogP contribution is -2.16. The van der Waals surface area contributed by atoms with E-state index in [2.05, 4.69) is 15.3 Å². The zero-order chi connectivity index (χ0) is 21.8. The number of carbonyl (C=O) groups excluding carboxylic acids is 1. The Morgan fingerprint density at radius 2 is 1.77 bits per heavy atom. The molecule has 0 fully saturated rings. The number of nitrogens with one attached hydrogen (secondary N) is 1. The van der Waals surface area contributed by atoms with Crippen molar-refractivity contribution >= 4 is 28.1 Å². The van der Waals surface area contributed by atoms with Gasteiger partial charge in [-0.1, -0.05) is 24.3 Å². The van der Waals surface area contributed by atoms with Gasteiger partial charge in [0.2, 0.25) is 0 Å². The predicted octanol–water partition coefficient (Wildman–Crippen LogP) is 6.19. The van der Waals surface area contributed by atoms with Gasteiger partial charge < -0.3 is 10.1 Å². The van der Waals surface area contributed by atoms with Gasteiger partial charge in [0.1, 0.15) is 11.4 Å². The van der Waals surface area contributed by atoms with Gasteiger partial charge in [-0.25, -0.2) is 9.78 Å². The molecule has 0 atom stereocenters. The molecule has 0 aliphatic heterocycles. The molecule has 0 saturated heterocycles. The van der Waals surface area contributed by atoms with E-state index in [1.54, 1.807) is 18.3 Å². The fourth-order valence-corrected chi connectivity index (χ4v) is 3.52. The summed E-state index contributed by atoms with van der Waals surface area (Å²) >= 11 is 1.37. The maximum Gasteiger partial charge on any atom is 0.417 e. The molecule has 0 saturated carbocycles. The molecule has 0 radical (unpaired) electrons. The fraction of sp³-hybridized carbons (Fsp3) is 0.0455. The second-order valence-corrected chi connectivity index (χ2v) is 7.20. The molecule has 0 aliphatic carbocycles. The van der Waals surface area contributed by atoms with Crippen molar-refractivity contribution in [3.05, 3.63) is 89.4 Å². The Morgan fingerprint density at radius 3 is 2.55 bits per heavy atom. The Hall–Kier alpha value is -3.72. The zero-order valence-electron chi connectivity index (χ0n) is 15.8. The lowest BCUT2D eigenvalue weighted by Gasteiger charge is -2.12. The summed E-state index contributed by atoms with van der Waals surface area (Å²) in [5.74, 6) is -0.981. The van der Waals surface area contributed by atoms with Crippen LogP contribution < -0.4 is 10.1 Å². The third kappa shape index (κ3) is 4.89. The number of esters is 1. The first-order valence-electron chi connectivity index (χ1n) is 9.02. The van der Waals surface area contributed by atoms with Crippen LogP contribution in [-0.2, 0) is 6.18 Å². The highest BCUT2D eigenvalue weighted by Crippen LogP contribution is 2.33. The molecule has 9 heteroatoms. The van der Waals surface area contributed by atoms with Crippen molar-refractivity contribution in [2.75, 3.05) is 5.32 Å². The van der Waals surface area contributed by atoms with E-state index in [4.69, 9.17) is 4.74 Å². The van der Waals surface area contributed by atoms with Crippen molar-refractivity contribution in [3.63, 3.8) is 0 Å². The minimum atomic E-state index is -4.66. The van der Waals surface area contributed by atoms with Gasteiger partial charge in [0.15, 0.2) is 5.13 Å². The Labute approximate surface area is 179 Å². The lowest BCUT2D eigenvalue weighted by atomic mass is 10.1. The number of halogens is 3. The van der Waals surface area contributed by atoms with E-state index in [1.165, 1.54) is 35.6 Å². The molecule has 4 rings (SSSR count). The number of nitrogens with zero attached hydrogens (tertiary/aromatic N) is 2. The van der Waals surface area contributed by atoms with E-state index in [0.29, 0.717) is 16.5 Å². The molecule has 4 aromatic rings. The predicted molar refractivity (Wildman–Crippen MR) is 111 cm³/mol. The standard InChI is InChI=1S/C22H14F3N3O2S/c23-22(24,25)17-9-2-1-8-16(17)20(29)30-15-7-5-6-14(12-15)27-21-28-19(13-31-21)18-10-3-4-11-26-18/h1-13H,(H,27,28). The van der Waals surface area contributed by atoms with Crippen LogP contribution in [0.2, 0.25) is 0 Å². The molecule has 0 spiro atoms. The van der Waals surface area contributed by atoms with Crippen molar-refractivity contribution in [2.24, 2.45) is 0 Å². The van der Waals surface area contributed by atoms with Crippen molar-refractivity contribution in [1.29, 1.82) is 0 Å². The smallest absolute Gasteiger partial charge is 0.417 e. The van der Waals surface area contributed by atoms with Gasteiger partial charge >= 0.3 is 12.1 Å². The molecular formula is C22H14F3N3O2S. The largest absolute Gasteiger partial charge is 0.423 e. The number of thiazole rings is 1. The first kappa shape index (κ1) is 20.5. The second kappa shape index (κ2) is 8.57. The monoisotopic (exact) mass is 441 g/mol. The van der Waals surface area contributed by atoms with Crippen LogP contribution in [0.1, 0.15) is 15.9 Å². The average molecular weight is 441 g/mol. The van der Waals surface area contributed by atoms with Crippen LogP contribution in [0.15, 0.2) is 78.3 Å². The van der Waals surface area contributed by atoms with Crippen molar-refractivity contribution in [2.45, 2.75) is 6.18 Å². The number of aromatic nitrogens is 2. The zero-order valence-corrected chi connectivity index (χ0v) is 16.6. The summed E-state index contributed by atoms with van der Waals surface area (Å²) in [6, 6.07) is 16.4. The number of anilines is 2. The number of benzene rings is 2. The van der Waals surface area contributed by atoms with Gasteiger partial charge in [-0.05, 0) is 36.4 Å². The molecule has 5 nitrogen and oxygen atoms in total. The first-order valence-corrected chi connectivity index (χ1v) is 9.90. The van der Waals surface area contributed by atoms with Gasteiger partial charge in [0, 0.05) is 23.3 Å². The molecule has 156 valence electrons. The minimum absolute atomic E-state index is 0.105. The Morgan fingerprint density at radius 1 is 0.968 bits per heavy atom. The van der Waals surface area contributed by atoms with E-state index in [0.717, 1.165) is 17.8 Å². The average Bonchev–Trinajstić information content (AvgIpc) is 3.22. The van der Waals surface area contributed by atoms with Crippen LogP contribution in [-0.4, -0.2) is 15.9 Å². The third-order valence-electron chi connectivity index (χ3n) is 4.18. The molecule has 0 amide bonds. The van der Waals surface area contributed by atoms with Crippen LogP contribution in [0.3, 0.4) is 0 Å². The normalized spacial score (nSPS) is 11.2. The second-order valence-electron chi connectivity index (χ2n) is 6.34. The van der Waals surface area contributed by atoms with Crippen molar-refractivity contribution < 1.29 is 22.7 Å². The Bertz CT molecular complexity index is 1210. The quantitative estimate of drug-likeness (QED) is 0.296. The Kier molecular flexibility index (Phi) is 5.68. The summed E-state index contributed by atoms with van der Waals surface area (Å²) in [6.45, 7) is 0. The molecule has 0 bridgehead atoms. The number of rotatable bonds is 5. The third-order valence-corrected chi connectivity index (χ3v) is 4.94. The molecule has 0 unspecified atom stereocenters. The maximum absolute atomic E-state index is 13.2. The highest BCUT2D eigenvalue weighted by Gasteiger charge is 2.35. The number of hydrogen-bond acceptors (Lipinski definition) is 6. The molecule has 2 aromatic carbocycles. The van der Waals surface area contributed by atoms with Crippen LogP contribution in [0.25, 0.3) is 11.4 Å². The molecule has 0 aliphatic rings. The van der Waals surface area contributed by atoms with Gasteiger partial charge in [0.05, 0.1) is 16.8 Å². The topological polar surface area (TPSA) is 64.1 Å². The highest BCUT2D eigenvalue weighted by atomic mass is 32.1. The van der Waals surface area contributed by atoms with Crippen LogP contribution in [0.4, 0.5) is 24.0 Å². The number of carbonyl (C=O) groups is 1. The van der Waals surface area contributed by atoms with E-state index < -0.39 is 23.3 Å². The van der Waals surface area contributed by atoms with E-state index >= 15 is 0 Å². The maximum atomic E-state index is 13.2.